The van der Waals surface area contributed by atoms with E-state index in [0.29, 0.717) is 12.1 Å². The van der Waals surface area contributed by atoms with E-state index in [0.717, 1.165) is 24.9 Å². The summed E-state index contributed by atoms with van der Waals surface area (Å²) in [5.74, 6) is -0.626. The number of anilines is 2. The van der Waals surface area contributed by atoms with Crippen molar-refractivity contribution >= 4 is 17.3 Å². The molecule has 108 valence electrons. The lowest BCUT2D eigenvalue weighted by Crippen LogP contribution is -2.31. The molecule has 0 aromatic heterocycles. The Morgan fingerprint density at radius 3 is 2.76 bits per heavy atom. The molecule has 0 bridgehead atoms. The van der Waals surface area contributed by atoms with Crippen LogP contribution < -0.4 is 10.6 Å². The highest BCUT2D eigenvalue weighted by molar-refractivity contribution is 6.07. The number of carbonyl (C=O) groups excluding carboxylic acids is 1. The van der Waals surface area contributed by atoms with Gasteiger partial charge in [0.15, 0.2) is 0 Å². The van der Waals surface area contributed by atoms with Gasteiger partial charge in [0, 0.05) is 17.8 Å². The summed E-state index contributed by atoms with van der Waals surface area (Å²) in [5.41, 5.74) is 8.12. The van der Waals surface area contributed by atoms with Crippen molar-refractivity contribution in [2.24, 2.45) is 0 Å². The van der Waals surface area contributed by atoms with Crippen molar-refractivity contribution in [2.75, 3.05) is 17.2 Å². The van der Waals surface area contributed by atoms with Crippen LogP contribution in [0.3, 0.4) is 0 Å². The van der Waals surface area contributed by atoms with E-state index in [1.54, 1.807) is 4.90 Å². The standard InChI is InChI=1S/C17H17FN2O/c18-14-9-8-13(11-15(14)19)17(21)20-10-4-3-6-12-5-1-2-7-16(12)20/h1-2,5,7-9,11H,3-4,6,10,19H2. The van der Waals surface area contributed by atoms with E-state index < -0.39 is 5.82 Å². The highest BCUT2D eigenvalue weighted by Crippen LogP contribution is 2.28. The Kier molecular flexibility index (Phi) is 3.60. The van der Waals surface area contributed by atoms with Gasteiger partial charge in [0.2, 0.25) is 0 Å². The van der Waals surface area contributed by atoms with E-state index in [9.17, 15) is 9.18 Å². The van der Waals surface area contributed by atoms with E-state index in [-0.39, 0.29) is 11.6 Å². The number of amides is 1. The van der Waals surface area contributed by atoms with E-state index in [4.69, 9.17) is 5.73 Å². The average Bonchev–Trinajstić information content (AvgIpc) is 2.71. The lowest BCUT2D eigenvalue weighted by molar-refractivity contribution is 0.0987. The van der Waals surface area contributed by atoms with E-state index in [1.807, 2.05) is 18.2 Å². The van der Waals surface area contributed by atoms with E-state index in [2.05, 4.69) is 6.07 Å². The minimum atomic E-state index is -0.497. The molecule has 0 saturated heterocycles. The Hall–Kier alpha value is -2.36. The minimum Gasteiger partial charge on any atom is -0.396 e. The van der Waals surface area contributed by atoms with Crippen LogP contribution in [0.15, 0.2) is 42.5 Å². The zero-order valence-electron chi connectivity index (χ0n) is 11.7. The summed E-state index contributed by atoms with van der Waals surface area (Å²) in [4.78, 5) is 14.5. The Balaban J connectivity index is 1.99. The Morgan fingerprint density at radius 1 is 1.14 bits per heavy atom. The number of fused-ring (bicyclic) bond motifs is 1. The zero-order chi connectivity index (χ0) is 14.8. The number of nitrogens with two attached hydrogens (primary N) is 1. The zero-order valence-corrected chi connectivity index (χ0v) is 11.7. The Morgan fingerprint density at radius 2 is 1.95 bits per heavy atom. The van der Waals surface area contributed by atoms with Gasteiger partial charge in [0.05, 0.1) is 5.69 Å². The smallest absolute Gasteiger partial charge is 0.258 e. The average molecular weight is 284 g/mol. The normalized spacial score (nSPS) is 14.4. The maximum Gasteiger partial charge on any atom is 0.258 e. The van der Waals surface area contributed by atoms with E-state index >= 15 is 0 Å². The summed E-state index contributed by atoms with van der Waals surface area (Å²) in [6.07, 6.45) is 2.99. The lowest BCUT2D eigenvalue weighted by atomic mass is 10.1. The molecule has 2 aromatic rings. The molecular formula is C17H17FN2O. The van der Waals surface area contributed by atoms with Crippen LogP contribution in [-0.2, 0) is 6.42 Å². The van der Waals surface area contributed by atoms with Crippen LogP contribution in [-0.4, -0.2) is 12.5 Å². The number of rotatable bonds is 1. The molecule has 1 heterocycles. The second-order valence-corrected chi connectivity index (χ2v) is 5.28. The highest BCUT2D eigenvalue weighted by atomic mass is 19.1. The van der Waals surface area contributed by atoms with Crippen molar-refractivity contribution in [3.63, 3.8) is 0 Å². The van der Waals surface area contributed by atoms with Crippen LogP contribution in [0.25, 0.3) is 0 Å². The van der Waals surface area contributed by atoms with Crippen molar-refractivity contribution in [3.05, 3.63) is 59.4 Å². The van der Waals surface area contributed by atoms with Crippen LogP contribution in [0.5, 0.6) is 0 Å². The minimum absolute atomic E-state index is 0.00366. The maximum atomic E-state index is 13.3. The number of hydrogen-bond acceptors (Lipinski definition) is 2. The number of nitrogen functional groups attached to an aromatic ring is 1. The molecule has 0 saturated carbocycles. The number of aryl methyl sites for hydroxylation is 1. The van der Waals surface area contributed by atoms with Gasteiger partial charge >= 0.3 is 0 Å². The molecule has 3 nitrogen and oxygen atoms in total. The third-order valence-electron chi connectivity index (χ3n) is 3.85. The van der Waals surface area contributed by atoms with Crippen LogP contribution >= 0.6 is 0 Å². The predicted octanol–water partition coefficient (Wildman–Crippen LogP) is 3.39. The molecular weight excluding hydrogens is 267 g/mol. The summed E-state index contributed by atoms with van der Waals surface area (Å²) < 4.78 is 13.3. The third kappa shape index (κ3) is 2.61. The van der Waals surface area contributed by atoms with E-state index in [1.165, 1.54) is 23.8 Å². The highest BCUT2D eigenvalue weighted by Gasteiger charge is 2.22. The molecule has 0 aliphatic carbocycles. The van der Waals surface area contributed by atoms with Gasteiger partial charge in [-0.3, -0.25) is 4.79 Å². The summed E-state index contributed by atoms with van der Waals surface area (Å²) in [5, 5.41) is 0. The van der Waals surface area contributed by atoms with Gasteiger partial charge in [-0.2, -0.15) is 0 Å². The summed E-state index contributed by atoms with van der Waals surface area (Å²) in [6, 6.07) is 12.1. The molecule has 1 aliphatic rings. The lowest BCUT2D eigenvalue weighted by Gasteiger charge is -2.23. The Labute approximate surface area is 123 Å². The first kappa shape index (κ1) is 13.6. The summed E-state index contributed by atoms with van der Waals surface area (Å²) >= 11 is 0. The Bertz CT molecular complexity index is 684. The van der Waals surface area contributed by atoms with Gasteiger partial charge in [-0.15, -0.1) is 0 Å². The fourth-order valence-electron chi connectivity index (χ4n) is 2.73. The monoisotopic (exact) mass is 284 g/mol. The molecule has 0 radical (unpaired) electrons. The summed E-state index contributed by atoms with van der Waals surface area (Å²) in [6.45, 7) is 0.674. The van der Waals surface area contributed by atoms with Gasteiger partial charge in [-0.25, -0.2) is 4.39 Å². The SMILES string of the molecule is Nc1cc(C(=O)N2CCCCc3ccccc32)ccc1F. The molecule has 0 fully saturated rings. The molecule has 3 rings (SSSR count). The maximum absolute atomic E-state index is 13.3. The quantitative estimate of drug-likeness (QED) is 0.816. The largest absolute Gasteiger partial charge is 0.396 e. The fraction of sp³-hybridized carbons (Fsp3) is 0.235. The first-order chi connectivity index (χ1) is 10.2. The topological polar surface area (TPSA) is 46.3 Å². The van der Waals surface area contributed by atoms with Crippen LogP contribution in [0, 0.1) is 5.82 Å². The van der Waals surface area contributed by atoms with Gasteiger partial charge in [0.25, 0.3) is 5.91 Å². The number of benzene rings is 2. The van der Waals surface area contributed by atoms with Crippen molar-refractivity contribution < 1.29 is 9.18 Å². The number of halogens is 1. The number of carbonyl (C=O) groups is 1. The van der Waals surface area contributed by atoms with Crippen molar-refractivity contribution in [2.45, 2.75) is 19.3 Å². The molecule has 0 atom stereocenters. The van der Waals surface area contributed by atoms with Crippen LogP contribution in [0.1, 0.15) is 28.8 Å². The second kappa shape index (κ2) is 5.56. The predicted molar refractivity (Wildman–Crippen MR) is 81.9 cm³/mol. The molecule has 2 aromatic carbocycles. The second-order valence-electron chi connectivity index (χ2n) is 5.28. The van der Waals surface area contributed by atoms with Gasteiger partial charge in [-0.1, -0.05) is 18.2 Å². The van der Waals surface area contributed by atoms with Gasteiger partial charge < -0.3 is 10.6 Å². The summed E-state index contributed by atoms with van der Waals surface area (Å²) in [7, 11) is 0. The number of para-hydroxylation sites is 1. The molecule has 0 unspecified atom stereocenters. The van der Waals surface area contributed by atoms with Crippen molar-refractivity contribution in [3.8, 4) is 0 Å². The number of nitrogens with zero attached hydrogens (tertiary/aromatic N) is 1. The first-order valence-electron chi connectivity index (χ1n) is 7.11. The van der Waals surface area contributed by atoms with Crippen LogP contribution in [0.4, 0.5) is 15.8 Å². The van der Waals surface area contributed by atoms with Crippen molar-refractivity contribution in [1.82, 2.24) is 0 Å². The number of hydrogen-bond donors (Lipinski definition) is 1. The van der Waals surface area contributed by atoms with Crippen LogP contribution in [0.2, 0.25) is 0 Å². The molecule has 2 N–H and O–H groups in total. The van der Waals surface area contributed by atoms with Gasteiger partial charge in [0.1, 0.15) is 5.82 Å². The third-order valence-corrected chi connectivity index (χ3v) is 3.85. The molecule has 4 heteroatoms. The molecule has 0 spiro atoms. The van der Waals surface area contributed by atoms with Gasteiger partial charge in [-0.05, 0) is 49.1 Å². The molecule has 21 heavy (non-hydrogen) atoms. The first-order valence-corrected chi connectivity index (χ1v) is 7.11. The fourth-order valence-corrected chi connectivity index (χ4v) is 2.73. The molecule has 1 aliphatic heterocycles. The van der Waals surface area contributed by atoms with Crippen molar-refractivity contribution in [1.29, 1.82) is 0 Å². The molecule has 1 amide bonds.